The van der Waals surface area contributed by atoms with Crippen LogP contribution in [-0.2, 0) is 24.5 Å². The first-order valence-electron chi connectivity index (χ1n) is 10.5. The number of carbonyl (C=O) groups is 3. The van der Waals surface area contributed by atoms with Crippen molar-refractivity contribution in [3.63, 3.8) is 0 Å². The molecular weight excluding hydrogens is 400 g/mol. The van der Waals surface area contributed by atoms with Crippen molar-refractivity contribution in [2.45, 2.75) is 50.8 Å². The molecule has 0 radical (unpaired) electrons. The first-order chi connectivity index (χ1) is 14.1. The Hall–Kier alpha value is -2.02. The Morgan fingerprint density at radius 3 is 2.27 bits per heavy atom. The highest BCUT2D eigenvalue weighted by Crippen LogP contribution is 2.26. The zero-order valence-electron chi connectivity index (χ0n) is 18.8. The second-order valence-electron chi connectivity index (χ2n) is 8.72. The van der Waals surface area contributed by atoms with Gasteiger partial charge in [-0.1, -0.05) is 32.9 Å². The van der Waals surface area contributed by atoms with Crippen LogP contribution in [0.2, 0.25) is 0 Å². The summed E-state index contributed by atoms with van der Waals surface area (Å²) in [6, 6.07) is 8.27. The minimum atomic E-state index is -0.176. The van der Waals surface area contributed by atoms with Crippen LogP contribution in [0.25, 0.3) is 0 Å². The van der Waals surface area contributed by atoms with Gasteiger partial charge in [0, 0.05) is 25.0 Å². The quantitative estimate of drug-likeness (QED) is 0.486. The third kappa shape index (κ3) is 7.04. The predicted octanol–water partition coefficient (Wildman–Crippen LogP) is 3.34. The molecule has 0 unspecified atom stereocenters. The van der Waals surface area contributed by atoms with Gasteiger partial charge in [0.15, 0.2) is 0 Å². The third-order valence-corrected chi connectivity index (χ3v) is 6.35. The average Bonchev–Trinajstić information content (AvgIpc) is 2.71. The average molecular weight is 435 g/mol. The molecule has 0 aliphatic carbocycles. The summed E-state index contributed by atoms with van der Waals surface area (Å²) in [5.41, 5.74) is 1.36. The summed E-state index contributed by atoms with van der Waals surface area (Å²) in [4.78, 5) is 41.0. The molecule has 1 heterocycles. The van der Waals surface area contributed by atoms with Crippen molar-refractivity contribution in [2.24, 2.45) is 5.92 Å². The fraction of sp³-hybridized carbons (Fsp3) is 0.609. The molecule has 1 fully saturated rings. The van der Waals surface area contributed by atoms with Crippen molar-refractivity contribution in [3.05, 3.63) is 29.8 Å². The minimum Gasteiger partial charge on any atom is -0.466 e. The van der Waals surface area contributed by atoms with Crippen molar-refractivity contribution in [2.75, 3.05) is 39.0 Å². The molecule has 1 aliphatic heterocycles. The van der Waals surface area contributed by atoms with Crippen LogP contribution in [0.15, 0.2) is 29.2 Å². The number of carbonyl (C=O) groups excluding carboxylic acids is 3. The van der Waals surface area contributed by atoms with Crippen LogP contribution in [0.1, 0.15) is 46.1 Å². The molecule has 0 atom stereocenters. The number of amides is 2. The third-order valence-electron chi connectivity index (χ3n) is 5.35. The molecule has 30 heavy (non-hydrogen) atoms. The first-order valence-corrected chi connectivity index (χ1v) is 11.5. The van der Waals surface area contributed by atoms with Gasteiger partial charge in [-0.05, 0) is 42.9 Å². The van der Waals surface area contributed by atoms with E-state index in [1.165, 1.54) is 22.2 Å². The van der Waals surface area contributed by atoms with Crippen molar-refractivity contribution in [3.8, 4) is 0 Å². The molecule has 0 bridgehead atoms. The zero-order chi connectivity index (χ0) is 22.3. The predicted molar refractivity (Wildman–Crippen MR) is 119 cm³/mol. The van der Waals surface area contributed by atoms with Gasteiger partial charge in [0.05, 0.1) is 24.8 Å². The number of likely N-dealkylation sites (N-methyl/N-ethyl adjacent to an activating group) is 1. The summed E-state index contributed by atoms with van der Waals surface area (Å²) in [5.74, 6) is -0.162. The molecule has 2 amide bonds. The largest absolute Gasteiger partial charge is 0.466 e. The number of likely N-dealkylation sites (tertiary alicyclic amines) is 1. The number of piperidine rings is 1. The number of nitrogens with zero attached hydrogens (tertiary/aromatic N) is 2. The lowest BCUT2D eigenvalue weighted by molar-refractivity contribution is -0.151. The standard InChI is InChI=1S/C23H34N2O4S/c1-6-29-22(28)17-11-13-25(14-12-17)20(26)15-24(5)21(27)16-30-19-9-7-18(8-10-19)23(2,3)4/h7-10,17H,6,11-16H2,1-5H3. The molecule has 1 aliphatic rings. The van der Waals surface area contributed by atoms with Gasteiger partial charge in [0.1, 0.15) is 0 Å². The summed E-state index contributed by atoms with van der Waals surface area (Å²) in [6.07, 6.45) is 1.23. The minimum absolute atomic E-state index is 0.0619. The Kier molecular flexibility index (Phi) is 8.77. The Labute approximate surface area is 184 Å². The molecule has 0 aromatic heterocycles. The molecule has 1 aromatic rings. The van der Waals surface area contributed by atoms with Gasteiger partial charge in [-0.25, -0.2) is 0 Å². The van der Waals surface area contributed by atoms with E-state index < -0.39 is 0 Å². The second kappa shape index (κ2) is 10.8. The summed E-state index contributed by atoms with van der Waals surface area (Å²) in [7, 11) is 1.66. The smallest absolute Gasteiger partial charge is 0.309 e. The number of hydrogen-bond donors (Lipinski definition) is 0. The van der Waals surface area contributed by atoms with Crippen LogP contribution >= 0.6 is 11.8 Å². The van der Waals surface area contributed by atoms with Gasteiger partial charge in [0.2, 0.25) is 11.8 Å². The van der Waals surface area contributed by atoms with Crippen LogP contribution in [0.3, 0.4) is 0 Å². The number of esters is 1. The summed E-state index contributed by atoms with van der Waals surface area (Å²) in [5, 5.41) is 0. The van der Waals surface area contributed by atoms with Gasteiger partial charge in [0.25, 0.3) is 0 Å². The number of benzene rings is 1. The van der Waals surface area contributed by atoms with E-state index in [-0.39, 0.29) is 35.7 Å². The van der Waals surface area contributed by atoms with Crippen LogP contribution in [0.4, 0.5) is 0 Å². The lowest BCUT2D eigenvalue weighted by Gasteiger charge is -2.32. The van der Waals surface area contributed by atoms with E-state index in [1.807, 2.05) is 12.1 Å². The lowest BCUT2D eigenvalue weighted by atomic mass is 9.87. The van der Waals surface area contributed by atoms with E-state index in [0.29, 0.717) is 38.3 Å². The van der Waals surface area contributed by atoms with E-state index >= 15 is 0 Å². The van der Waals surface area contributed by atoms with Gasteiger partial charge in [-0.2, -0.15) is 0 Å². The monoisotopic (exact) mass is 434 g/mol. The van der Waals surface area contributed by atoms with E-state index in [2.05, 4.69) is 32.9 Å². The van der Waals surface area contributed by atoms with Crippen molar-refractivity contribution < 1.29 is 19.1 Å². The highest BCUT2D eigenvalue weighted by molar-refractivity contribution is 8.00. The molecule has 0 saturated carbocycles. The van der Waals surface area contributed by atoms with E-state index in [4.69, 9.17) is 4.74 Å². The van der Waals surface area contributed by atoms with Gasteiger partial charge in [-0.15, -0.1) is 11.8 Å². The van der Waals surface area contributed by atoms with Crippen LogP contribution in [-0.4, -0.2) is 66.6 Å². The SMILES string of the molecule is CCOC(=O)C1CCN(C(=O)CN(C)C(=O)CSc2ccc(C(C)(C)C)cc2)CC1. The topological polar surface area (TPSA) is 66.9 Å². The fourth-order valence-electron chi connectivity index (χ4n) is 3.32. The Balaban J connectivity index is 1.76. The normalized spacial score (nSPS) is 15.0. The molecule has 2 rings (SSSR count). The first kappa shape index (κ1) is 24.3. The van der Waals surface area contributed by atoms with Crippen molar-refractivity contribution >= 4 is 29.5 Å². The highest BCUT2D eigenvalue weighted by Gasteiger charge is 2.29. The molecule has 7 heteroatoms. The molecule has 1 aromatic carbocycles. The maximum Gasteiger partial charge on any atom is 0.309 e. The number of thioether (sulfide) groups is 1. The summed E-state index contributed by atoms with van der Waals surface area (Å²) >= 11 is 1.48. The van der Waals surface area contributed by atoms with Crippen molar-refractivity contribution in [1.29, 1.82) is 0 Å². The number of rotatable bonds is 7. The second-order valence-corrected chi connectivity index (χ2v) is 9.77. The Bertz CT molecular complexity index is 735. The van der Waals surface area contributed by atoms with Crippen molar-refractivity contribution in [1.82, 2.24) is 9.80 Å². The zero-order valence-corrected chi connectivity index (χ0v) is 19.6. The maximum atomic E-state index is 12.5. The molecule has 1 saturated heterocycles. The molecule has 0 N–H and O–H groups in total. The van der Waals surface area contributed by atoms with E-state index in [1.54, 1.807) is 18.9 Å². The maximum absolute atomic E-state index is 12.5. The number of hydrogen-bond acceptors (Lipinski definition) is 5. The fourth-order valence-corrected chi connectivity index (χ4v) is 4.16. The van der Waals surface area contributed by atoms with Crippen LogP contribution < -0.4 is 0 Å². The summed E-state index contributed by atoms with van der Waals surface area (Å²) in [6.45, 7) is 9.80. The summed E-state index contributed by atoms with van der Waals surface area (Å²) < 4.78 is 5.06. The van der Waals surface area contributed by atoms with Gasteiger partial charge in [-0.3, -0.25) is 14.4 Å². The van der Waals surface area contributed by atoms with Gasteiger partial charge >= 0.3 is 5.97 Å². The molecule has 0 spiro atoms. The Morgan fingerprint density at radius 2 is 1.73 bits per heavy atom. The van der Waals surface area contributed by atoms with E-state index in [9.17, 15) is 14.4 Å². The van der Waals surface area contributed by atoms with Crippen LogP contribution in [0.5, 0.6) is 0 Å². The number of ether oxygens (including phenoxy) is 1. The van der Waals surface area contributed by atoms with Crippen LogP contribution in [0, 0.1) is 5.92 Å². The van der Waals surface area contributed by atoms with Gasteiger partial charge < -0.3 is 14.5 Å². The molecular formula is C23H34N2O4S. The molecule has 6 nitrogen and oxygen atoms in total. The highest BCUT2D eigenvalue weighted by atomic mass is 32.2. The Morgan fingerprint density at radius 1 is 1.13 bits per heavy atom. The van der Waals surface area contributed by atoms with E-state index in [0.717, 1.165) is 4.90 Å². The molecule has 166 valence electrons. The lowest BCUT2D eigenvalue weighted by Crippen LogP contribution is -2.46.